The highest BCUT2D eigenvalue weighted by Gasteiger charge is 2.28. The smallest absolute Gasteiger partial charge is 0.171 e. The number of rotatable bonds is 6. The molecule has 1 aliphatic heterocycles. The van der Waals surface area contributed by atoms with Crippen LogP contribution in [0.3, 0.4) is 0 Å². The summed E-state index contributed by atoms with van der Waals surface area (Å²) in [6.07, 6.45) is 0. The number of benzene rings is 2. The zero-order chi connectivity index (χ0) is 19.9. The minimum Gasteiger partial charge on any atom is -0.379 e. The van der Waals surface area contributed by atoms with Crippen LogP contribution in [0.4, 0.5) is 5.69 Å². The zero-order valence-electron chi connectivity index (χ0n) is 17.0. The van der Waals surface area contributed by atoms with Crippen LogP contribution < -0.4 is 10.6 Å². The summed E-state index contributed by atoms with van der Waals surface area (Å²) in [6, 6.07) is 19.5. The van der Waals surface area contributed by atoms with Crippen molar-refractivity contribution in [3.63, 3.8) is 0 Å². The zero-order valence-corrected chi connectivity index (χ0v) is 17.8. The molecule has 3 rings (SSSR count). The van der Waals surface area contributed by atoms with E-state index in [2.05, 4.69) is 90.9 Å². The van der Waals surface area contributed by atoms with Crippen molar-refractivity contribution in [2.45, 2.75) is 38.8 Å². The number of hydrogen-bond donors (Lipinski definition) is 2. The molecule has 2 aromatic carbocycles. The first-order chi connectivity index (χ1) is 13.5. The van der Waals surface area contributed by atoms with Crippen molar-refractivity contribution in [3.8, 4) is 0 Å². The van der Waals surface area contributed by atoms with Crippen LogP contribution >= 0.6 is 12.2 Å². The van der Waals surface area contributed by atoms with Gasteiger partial charge in [-0.1, -0.05) is 56.3 Å². The highest BCUT2D eigenvalue weighted by Crippen LogP contribution is 2.25. The third-order valence-corrected chi connectivity index (χ3v) is 5.47. The van der Waals surface area contributed by atoms with Gasteiger partial charge in [-0.15, -0.1) is 0 Å². The summed E-state index contributed by atoms with van der Waals surface area (Å²) in [6.45, 7) is 10.0. The van der Waals surface area contributed by atoms with Crippen LogP contribution in [0.15, 0.2) is 54.6 Å². The standard InChI is InChI=1S/C23H31N3OS/c1-17(2)19-9-11-21(12-10-19)25-23(28)24-18(3)22(20-7-5-4-6-8-20)26-13-15-27-16-14-26/h4-12,17-18,22H,13-16H2,1-3H3,(H2,24,25,28)/t18-,22-/m0/s1. The van der Waals surface area contributed by atoms with Crippen molar-refractivity contribution in [3.05, 3.63) is 65.7 Å². The quantitative estimate of drug-likeness (QED) is 0.699. The third kappa shape index (κ3) is 5.53. The fraction of sp³-hybridized carbons (Fsp3) is 0.435. The molecule has 0 aromatic heterocycles. The van der Waals surface area contributed by atoms with Crippen molar-refractivity contribution in [1.82, 2.24) is 10.2 Å². The van der Waals surface area contributed by atoms with Crippen LogP contribution in [0.25, 0.3) is 0 Å². The van der Waals surface area contributed by atoms with Crippen molar-refractivity contribution >= 4 is 23.0 Å². The van der Waals surface area contributed by atoms with E-state index in [1.807, 2.05) is 0 Å². The first-order valence-corrected chi connectivity index (χ1v) is 10.5. The highest BCUT2D eigenvalue weighted by molar-refractivity contribution is 7.80. The Morgan fingerprint density at radius 3 is 2.18 bits per heavy atom. The maximum atomic E-state index is 5.60. The minimum atomic E-state index is 0.162. The predicted molar refractivity (Wildman–Crippen MR) is 121 cm³/mol. The average molecular weight is 398 g/mol. The Bertz CT molecular complexity index is 742. The van der Waals surface area contributed by atoms with Crippen LogP contribution in [-0.2, 0) is 4.74 Å². The van der Waals surface area contributed by atoms with E-state index >= 15 is 0 Å². The fourth-order valence-corrected chi connectivity index (χ4v) is 4.03. The number of nitrogens with one attached hydrogen (secondary N) is 2. The summed E-state index contributed by atoms with van der Waals surface area (Å²) < 4.78 is 5.55. The van der Waals surface area contributed by atoms with E-state index in [1.165, 1.54) is 11.1 Å². The van der Waals surface area contributed by atoms with Gasteiger partial charge in [0.05, 0.1) is 19.3 Å². The van der Waals surface area contributed by atoms with Gasteiger partial charge in [-0.05, 0) is 48.3 Å². The maximum Gasteiger partial charge on any atom is 0.171 e. The van der Waals surface area contributed by atoms with Gasteiger partial charge in [-0.3, -0.25) is 4.90 Å². The fourth-order valence-electron chi connectivity index (χ4n) is 3.73. The van der Waals surface area contributed by atoms with Crippen LogP contribution in [0.5, 0.6) is 0 Å². The van der Waals surface area contributed by atoms with E-state index in [4.69, 9.17) is 17.0 Å². The summed E-state index contributed by atoms with van der Waals surface area (Å²) >= 11 is 5.60. The molecule has 0 aliphatic carbocycles. The first kappa shape index (κ1) is 20.8. The molecule has 150 valence electrons. The summed E-state index contributed by atoms with van der Waals surface area (Å²) in [5.74, 6) is 0.527. The molecule has 0 spiro atoms. The van der Waals surface area contributed by atoms with Gasteiger partial charge in [0.15, 0.2) is 5.11 Å². The molecule has 28 heavy (non-hydrogen) atoms. The molecule has 0 unspecified atom stereocenters. The topological polar surface area (TPSA) is 36.5 Å². The predicted octanol–water partition coefficient (Wildman–Crippen LogP) is 4.56. The Balaban J connectivity index is 1.66. The van der Waals surface area contributed by atoms with Gasteiger partial charge >= 0.3 is 0 Å². The van der Waals surface area contributed by atoms with Crippen molar-refractivity contribution in [1.29, 1.82) is 0 Å². The van der Waals surface area contributed by atoms with Gasteiger partial charge in [-0.25, -0.2) is 0 Å². The molecule has 0 amide bonds. The van der Waals surface area contributed by atoms with Gasteiger partial charge in [0, 0.05) is 24.8 Å². The molecule has 5 heteroatoms. The molecule has 0 saturated carbocycles. The van der Waals surface area contributed by atoms with Crippen LogP contribution in [0.1, 0.15) is 43.9 Å². The minimum absolute atomic E-state index is 0.162. The lowest BCUT2D eigenvalue weighted by Gasteiger charge is -2.38. The Hall–Kier alpha value is -1.95. The Labute approximate surface area is 174 Å². The largest absolute Gasteiger partial charge is 0.379 e. The SMILES string of the molecule is CC(C)c1ccc(NC(=S)N[C@@H](C)[C@@H](c2ccccc2)N2CCOCC2)cc1. The third-order valence-electron chi connectivity index (χ3n) is 5.25. The second kappa shape index (κ2) is 10.0. The van der Waals surface area contributed by atoms with Crippen LogP contribution in [0, 0.1) is 0 Å². The molecule has 1 aliphatic rings. The lowest BCUT2D eigenvalue weighted by molar-refractivity contribution is 0.0102. The number of hydrogen-bond acceptors (Lipinski definition) is 3. The Kier molecular flexibility index (Phi) is 7.43. The number of morpholine rings is 1. The van der Waals surface area contributed by atoms with Crippen molar-refractivity contribution < 1.29 is 4.74 Å². The second-order valence-electron chi connectivity index (χ2n) is 7.67. The Morgan fingerprint density at radius 1 is 0.929 bits per heavy atom. The van der Waals surface area contributed by atoms with E-state index in [1.54, 1.807) is 0 Å². The molecule has 2 N–H and O–H groups in total. The van der Waals surface area contributed by atoms with Gasteiger partial charge in [-0.2, -0.15) is 0 Å². The van der Waals surface area contributed by atoms with Gasteiger partial charge in [0.1, 0.15) is 0 Å². The first-order valence-electron chi connectivity index (χ1n) is 10.1. The van der Waals surface area contributed by atoms with E-state index < -0.39 is 0 Å². The normalized spacial score (nSPS) is 17.1. The second-order valence-corrected chi connectivity index (χ2v) is 8.08. The van der Waals surface area contributed by atoms with E-state index in [-0.39, 0.29) is 12.1 Å². The maximum absolute atomic E-state index is 5.60. The van der Waals surface area contributed by atoms with Gasteiger partial charge in [0.25, 0.3) is 0 Å². The molecule has 2 aromatic rings. The van der Waals surface area contributed by atoms with Crippen LogP contribution in [0.2, 0.25) is 0 Å². The molecule has 4 nitrogen and oxygen atoms in total. The summed E-state index contributed by atoms with van der Waals surface area (Å²) in [5, 5.41) is 7.48. The molecule has 0 bridgehead atoms. The lowest BCUT2D eigenvalue weighted by Crippen LogP contribution is -2.49. The van der Waals surface area contributed by atoms with Crippen LogP contribution in [-0.4, -0.2) is 42.4 Å². The monoisotopic (exact) mass is 397 g/mol. The summed E-state index contributed by atoms with van der Waals surface area (Å²) in [5.41, 5.74) is 3.64. The molecule has 2 atom stereocenters. The number of thiocarbonyl (C=S) groups is 1. The molecule has 0 radical (unpaired) electrons. The van der Waals surface area contributed by atoms with E-state index in [9.17, 15) is 0 Å². The highest BCUT2D eigenvalue weighted by atomic mass is 32.1. The average Bonchev–Trinajstić information content (AvgIpc) is 2.70. The van der Waals surface area contributed by atoms with Gasteiger partial charge < -0.3 is 15.4 Å². The van der Waals surface area contributed by atoms with Crippen molar-refractivity contribution in [2.75, 3.05) is 31.6 Å². The number of nitrogens with zero attached hydrogens (tertiary/aromatic N) is 1. The molecule has 1 heterocycles. The summed E-state index contributed by atoms with van der Waals surface area (Å²) in [7, 11) is 0. The van der Waals surface area contributed by atoms with Gasteiger partial charge in [0.2, 0.25) is 0 Å². The van der Waals surface area contributed by atoms with E-state index in [0.29, 0.717) is 11.0 Å². The van der Waals surface area contributed by atoms with Crippen molar-refractivity contribution in [2.24, 2.45) is 0 Å². The molecule has 1 fully saturated rings. The number of anilines is 1. The molecular formula is C23H31N3OS. The Morgan fingerprint density at radius 2 is 1.57 bits per heavy atom. The molecule has 1 saturated heterocycles. The summed E-state index contributed by atoms with van der Waals surface area (Å²) in [4.78, 5) is 2.48. The molecular weight excluding hydrogens is 366 g/mol. The lowest BCUT2D eigenvalue weighted by atomic mass is 9.98. The van der Waals surface area contributed by atoms with E-state index in [0.717, 1.165) is 32.0 Å². The number of ether oxygens (including phenoxy) is 1.